The molecule has 0 spiro atoms. The zero-order valence-corrected chi connectivity index (χ0v) is 48.9. The van der Waals surface area contributed by atoms with Gasteiger partial charge in [0.25, 0.3) is 0 Å². The molecule has 0 fully saturated rings. The molecule has 0 rings (SSSR count). The Hall–Kier alpha value is -1.94. The first-order valence-corrected chi connectivity index (χ1v) is 32.1. The van der Waals surface area contributed by atoms with Crippen LogP contribution in [-0.2, 0) is 65.4 Å². The number of hydrogen-bond acceptors (Lipinski definition) is 15. The highest BCUT2D eigenvalue weighted by atomic mass is 31.2. The van der Waals surface area contributed by atoms with Crippen molar-refractivity contribution in [3.8, 4) is 0 Å². The molecular weight excluding hydrogens is 995 g/mol. The van der Waals surface area contributed by atoms with Crippen molar-refractivity contribution in [3.05, 3.63) is 0 Å². The van der Waals surface area contributed by atoms with E-state index in [9.17, 15) is 43.2 Å². The summed E-state index contributed by atoms with van der Waals surface area (Å²) in [5.41, 5.74) is 0. The molecule has 0 heterocycles. The van der Waals surface area contributed by atoms with Crippen LogP contribution in [0, 0.1) is 11.8 Å². The fourth-order valence-corrected chi connectivity index (χ4v) is 9.45. The molecule has 0 saturated heterocycles. The topological polar surface area (TPSA) is 237 Å². The van der Waals surface area contributed by atoms with Crippen LogP contribution in [0.25, 0.3) is 0 Å². The second-order valence-electron chi connectivity index (χ2n) is 20.5. The molecule has 0 aliphatic rings. The number of unbranched alkanes of at least 4 members (excludes halogenated alkanes) is 22. The van der Waals surface area contributed by atoms with Gasteiger partial charge in [-0.15, -0.1) is 0 Å². The lowest BCUT2D eigenvalue weighted by Crippen LogP contribution is -2.30. The summed E-state index contributed by atoms with van der Waals surface area (Å²) in [5, 5.41) is 10.4. The van der Waals surface area contributed by atoms with E-state index in [2.05, 4.69) is 41.5 Å². The Bertz CT molecular complexity index is 1480. The number of carbonyl (C=O) groups excluding carboxylic acids is 4. The SMILES string of the molecule is CCCCCCCCCC(=O)O[C@H](COC(=O)CCCCCCC)COP(=O)(O)OC[C@H](O)COP(=O)(O)OC[C@@H](COC(=O)CCCCCCCCC(C)CC)OC(=O)CCCCCCCCCCC(C)CC. The molecule has 19 heteroatoms. The average Bonchev–Trinajstić information content (AvgIpc) is 3.37. The first kappa shape index (κ1) is 72.1. The summed E-state index contributed by atoms with van der Waals surface area (Å²) in [5.74, 6) is -0.664. The van der Waals surface area contributed by atoms with Gasteiger partial charge in [0, 0.05) is 25.7 Å². The van der Waals surface area contributed by atoms with Gasteiger partial charge in [0.15, 0.2) is 12.2 Å². The lowest BCUT2D eigenvalue weighted by atomic mass is 9.99. The summed E-state index contributed by atoms with van der Waals surface area (Å²) in [7, 11) is -9.86. The van der Waals surface area contributed by atoms with E-state index in [1.807, 2.05) is 0 Å². The minimum absolute atomic E-state index is 0.102. The van der Waals surface area contributed by atoms with E-state index in [0.29, 0.717) is 25.7 Å². The number of hydrogen-bond donors (Lipinski definition) is 3. The van der Waals surface area contributed by atoms with E-state index < -0.39 is 97.5 Å². The smallest absolute Gasteiger partial charge is 0.462 e. The van der Waals surface area contributed by atoms with Gasteiger partial charge in [0.1, 0.15) is 19.3 Å². The summed E-state index contributed by atoms with van der Waals surface area (Å²) < 4.78 is 67.3. The number of carbonyl (C=O) groups is 4. The number of phosphoric ester groups is 2. The van der Waals surface area contributed by atoms with E-state index in [1.165, 1.54) is 51.4 Å². The van der Waals surface area contributed by atoms with E-state index in [-0.39, 0.29) is 25.7 Å². The largest absolute Gasteiger partial charge is 0.472 e. The molecule has 0 saturated carbocycles. The van der Waals surface area contributed by atoms with Crippen molar-refractivity contribution in [2.45, 2.75) is 278 Å². The summed E-state index contributed by atoms with van der Waals surface area (Å²) in [6.07, 6.45) is 27.1. The Balaban J connectivity index is 5.20. The first-order valence-electron chi connectivity index (χ1n) is 29.1. The Labute approximate surface area is 447 Å². The number of esters is 4. The lowest BCUT2D eigenvalue weighted by Gasteiger charge is -2.21. The molecule has 438 valence electrons. The van der Waals surface area contributed by atoms with Gasteiger partial charge in [-0.2, -0.15) is 0 Å². The third-order valence-electron chi connectivity index (χ3n) is 13.2. The fourth-order valence-electron chi connectivity index (χ4n) is 7.88. The third kappa shape index (κ3) is 47.3. The number of rotatable bonds is 54. The molecule has 74 heavy (non-hydrogen) atoms. The van der Waals surface area contributed by atoms with Crippen LogP contribution in [0.3, 0.4) is 0 Å². The lowest BCUT2D eigenvalue weighted by molar-refractivity contribution is -0.161. The van der Waals surface area contributed by atoms with E-state index in [1.54, 1.807) is 0 Å². The van der Waals surface area contributed by atoms with Gasteiger partial charge in [-0.3, -0.25) is 37.3 Å². The van der Waals surface area contributed by atoms with Crippen LogP contribution in [0.1, 0.15) is 260 Å². The molecule has 0 radical (unpaired) electrons. The fraction of sp³-hybridized carbons (Fsp3) is 0.927. The monoisotopic (exact) mass is 1100 g/mol. The highest BCUT2D eigenvalue weighted by Gasteiger charge is 2.30. The van der Waals surface area contributed by atoms with Crippen molar-refractivity contribution in [1.82, 2.24) is 0 Å². The van der Waals surface area contributed by atoms with Crippen LogP contribution in [-0.4, -0.2) is 96.7 Å². The van der Waals surface area contributed by atoms with Crippen molar-refractivity contribution in [2.24, 2.45) is 11.8 Å². The zero-order chi connectivity index (χ0) is 55.1. The molecule has 0 aromatic rings. The number of aliphatic hydroxyl groups is 1. The van der Waals surface area contributed by atoms with Gasteiger partial charge in [0.05, 0.1) is 26.4 Å². The first-order chi connectivity index (χ1) is 35.4. The standard InChI is InChI=1S/C55H106O17P2/c1-7-11-13-15-18-27-33-39-54(59)71-50(43-65-52(57)37-31-23-14-12-8-2)45-69-73(61,62)67-41-49(56)42-68-74(63,64)70-46-51(44-66-53(58)38-32-26-22-21-25-30-36-48(6)10-4)72-55(60)40-34-28-20-17-16-19-24-29-35-47(5)9-3/h47-51,56H,7-46H2,1-6H3,(H,61,62)(H,63,64)/t47?,48?,49-,50+,51+/m0/s1. The van der Waals surface area contributed by atoms with Gasteiger partial charge < -0.3 is 33.8 Å². The van der Waals surface area contributed by atoms with Gasteiger partial charge in [-0.25, -0.2) is 9.13 Å². The average molecular weight is 1100 g/mol. The Kier molecular flexibility index (Phi) is 46.9. The molecule has 0 aliphatic carbocycles. The Morgan fingerprint density at radius 3 is 0.959 bits per heavy atom. The summed E-state index contributed by atoms with van der Waals surface area (Å²) >= 11 is 0. The predicted molar refractivity (Wildman–Crippen MR) is 289 cm³/mol. The molecular formula is C55H106O17P2. The van der Waals surface area contributed by atoms with E-state index >= 15 is 0 Å². The van der Waals surface area contributed by atoms with Crippen LogP contribution < -0.4 is 0 Å². The van der Waals surface area contributed by atoms with E-state index in [0.717, 1.165) is 127 Å². The van der Waals surface area contributed by atoms with Crippen LogP contribution >= 0.6 is 15.6 Å². The molecule has 17 nitrogen and oxygen atoms in total. The Morgan fingerprint density at radius 2 is 0.649 bits per heavy atom. The van der Waals surface area contributed by atoms with Gasteiger partial charge >= 0.3 is 39.5 Å². The highest BCUT2D eigenvalue weighted by molar-refractivity contribution is 7.47. The molecule has 0 aromatic carbocycles. The van der Waals surface area contributed by atoms with Crippen molar-refractivity contribution in [1.29, 1.82) is 0 Å². The minimum Gasteiger partial charge on any atom is -0.462 e. The second kappa shape index (κ2) is 48.2. The maximum absolute atomic E-state index is 12.9. The van der Waals surface area contributed by atoms with Crippen LogP contribution in [0.15, 0.2) is 0 Å². The minimum atomic E-state index is -4.93. The van der Waals surface area contributed by atoms with Gasteiger partial charge in [0.2, 0.25) is 0 Å². The molecule has 4 unspecified atom stereocenters. The summed E-state index contributed by atoms with van der Waals surface area (Å²) in [4.78, 5) is 71.4. The summed E-state index contributed by atoms with van der Waals surface area (Å²) in [6, 6.07) is 0. The molecule has 7 atom stereocenters. The predicted octanol–water partition coefficient (Wildman–Crippen LogP) is 14.1. The third-order valence-corrected chi connectivity index (χ3v) is 15.1. The highest BCUT2D eigenvalue weighted by Crippen LogP contribution is 2.45. The number of aliphatic hydroxyl groups excluding tert-OH is 1. The zero-order valence-electron chi connectivity index (χ0n) is 47.1. The van der Waals surface area contributed by atoms with Crippen molar-refractivity contribution in [2.75, 3.05) is 39.6 Å². The van der Waals surface area contributed by atoms with Crippen LogP contribution in [0.2, 0.25) is 0 Å². The molecule has 0 aliphatic heterocycles. The normalized spacial score (nSPS) is 15.3. The van der Waals surface area contributed by atoms with Crippen LogP contribution in [0.5, 0.6) is 0 Å². The number of phosphoric acid groups is 2. The number of ether oxygens (including phenoxy) is 4. The second-order valence-corrected chi connectivity index (χ2v) is 23.4. The maximum Gasteiger partial charge on any atom is 0.472 e. The quantitative estimate of drug-likeness (QED) is 0.0222. The van der Waals surface area contributed by atoms with Gasteiger partial charge in [-0.05, 0) is 37.5 Å². The van der Waals surface area contributed by atoms with Crippen molar-refractivity contribution < 1.29 is 80.2 Å². The van der Waals surface area contributed by atoms with E-state index in [4.69, 9.17) is 37.0 Å². The molecule has 0 bridgehead atoms. The molecule has 0 aromatic heterocycles. The van der Waals surface area contributed by atoms with Gasteiger partial charge in [-0.1, -0.05) is 208 Å². The molecule has 3 N–H and O–H groups in total. The summed E-state index contributed by atoms with van der Waals surface area (Å²) in [6.45, 7) is 9.24. The Morgan fingerprint density at radius 1 is 0.378 bits per heavy atom. The van der Waals surface area contributed by atoms with Crippen molar-refractivity contribution in [3.63, 3.8) is 0 Å². The van der Waals surface area contributed by atoms with Crippen LogP contribution in [0.4, 0.5) is 0 Å². The maximum atomic E-state index is 12.9. The molecule has 0 amide bonds. The van der Waals surface area contributed by atoms with Crippen molar-refractivity contribution >= 4 is 39.5 Å².